The standard InChI is InChI=1S/C32H33N3O4S/c1-25(39-29-15-9-4-10-16-29)32(36)33-28-17-19-30(20-18-28)40(37,38)35-23-21-34(22-24-35)31(26-11-5-2-6-12-26)27-13-7-3-8-14-27/h2-20,25,31H,21-24H2,1H3,(H,33,36). The van der Waals surface area contributed by atoms with Gasteiger partial charge in [-0.1, -0.05) is 78.9 Å². The van der Waals surface area contributed by atoms with Crippen LogP contribution >= 0.6 is 0 Å². The molecule has 1 amide bonds. The number of para-hydroxylation sites is 1. The summed E-state index contributed by atoms with van der Waals surface area (Å²) in [6.07, 6.45) is -0.710. The molecule has 40 heavy (non-hydrogen) atoms. The van der Waals surface area contributed by atoms with Crippen LogP contribution in [0.5, 0.6) is 5.75 Å². The summed E-state index contributed by atoms with van der Waals surface area (Å²) < 4.78 is 34.1. The van der Waals surface area contributed by atoms with Crippen LogP contribution < -0.4 is 10.1 Å². The average molecular weight is 556 g/mol. The van der Waals surface area contributed by atoms with E-state index in [0.717, 1.165) is 0 Å². The molecule has 7 nitrogen and oxygen atoms in total. The van der Waals surface area contributed by atoms with Gasteiger partial charge in [-0.25, -0.2) is 8.42 Å². The summed E-state index contributed by atoms with van der Waals surface area (Å²) in [5.41, 5.74) is 2.88. The Balaban J connectivity index is 1.22. The number of rotatable bonds is 9. The normalized spacial score (nSPS) is 15.4. The van der Waals surface area contributed by atoms with E-state index >= 15 is 0 Å². The van der Waals surface area contributed by atoms with Gasteiger partial charge in [0.1, 0.15) is 5.75 Å². The fourth-order valence-electron chi connectivity index (χ4n) is 4.95. The molecule has 1 aliphatic heterocycles. The molecule has 1 saturated heterocycles. The monoisotopic (exact) mass is 555 g/mol. The fourth-order valence-corrected chi connectivity index (χ4v) is 6.37. The zero-order valence-electron chi connectivity index (χ0n) is 22.4. The molecule has 0 aromatic heterocycles. The van der Waals surface area contributed by atoms with Gasteiger partial charge in [-0.15, -0.1) is 0 Å². The van der Waals surface area contributed by atoms with Gasteiger partial charge in [0.25, 0.3) is 5.91 Å². The molecule has 0 spiro atoms. The quantitative estimate of drug-likeness (QED) is 0.308. The third-order valence-electron chi connectivity index (χ3n) is 7.05. The second-order valence-corrected chi connectivity index (χ2v) is 11.7. The van der Waals surface area contributed by atoms with Gasteiger partial charge in [0.2, 0.25) is 10.0 Å². The van der Waals surface area contributed by atoms with Crippen molar-refractivity contribution in [2.45, 2.75) is 24.0 Å². The molecule has 0 aliphatic carbocycles. The van der Waals surface area contributed by atoms with Gasteiger partial charge in [-0.3, -0.25) is 9.69 Å². The summed E-state index contributed by atoms with van der Waals surface area (Å²) in [6, 6.07) is 36.1. The Labute approximate surface area is 236 Å². The maximum absolute atomic E-state index is 13.4. The number of hydrogen-bond donors (Lipinski definition) is 1. The van der Waals surface area contributed by atoms with E-state index in [1.54, 1.807) is 35.5 Å². The summed E-state index contributed by atoms with van der Waals surface area (Å²) in [7, 11) is -3.67. The smallest absolute Gasteiger partial charge is 0.265 e. The third kappa shape index (κ3) is 6.42. The van der Waals surface area contributed by atoms with E-state index in [0.29, 0.717) is 37.6 Å². The van der Waals surface area contributed by atoms with E-state index < -0.39 is 16.1 Å². The minimum atomic E-state index is -3.67. The Morgan fingerprint density at radius 3 is 1.75 bits per heavy atom. The van der Waals surface area contributed by atoms with Gasteiger partial charge >= 0.3 is 0 Å². The highest BCUT2D eigenvalue weighted by Gasteiger charge is 2.32. The first-order valence-corrected chi connectivity index (χ1v) is 14.8. The number of benzene rings is 4. The summed E-state index contributed by atoms with van der Waals surface area (Å²) in [5, 5.41) is 2.79. The lowest BCUT2D eigenvalue weighted by atomic mass is 9.96. The lowest BCUT2D eigenvalue weighted by Gasteiger charge is -2.39. The molecule has 4 aromatic carbocycles. The number of piperazine rings is 1. The molecule has 1 atom stereocenters. The SMILES string of the molecule is CC(Oc1ccccc1)C(=O)Nc1ccc(S(=O)(=O)N2CCN(C(c3ccccc3)c3ccccc3)CC2)cc1. The van der Waals surface area contributed by atoms with E-state index in [-0.39, 0.29) is 16.8 Å². The van der Waals surface area contributed by atoms with Crippen molar-refractivity contribution >= 4 is 21.6 Å². The Bertz CT molecular complexity index is 1450. The minimum Gasteiger partial charge on any atom is -0.481 e. The average Bonchev–Trinajstić information content (AvgIpc) is 2.99. The zero-order chi connectivity index (χ0) is 28.0. The first kappa shape index (κ1) is 27.6. The maximum atomic E-state index is 13.4. The van der Waals surface area contributed by atoms with Gasteiger partial charge in [-0.05, 0) is 54.4 Å². The van der Waals surface area contributed by atoms with Crippen LogP contribution in [-0.2, 0) is 14.8 Å². The number of carbonyl (C=O) groups excluding carboxylic acids is 1. The molecule has 206 valence electrons. The molecule has 1 N–H and O–H groups in total. The van der Waals surface area contributed by atoms with Crippen molar-refractivity contribution in [3.8, 4) is 5.75 Å². The maximum Gasteiger partial charge on any atom is 0.265 e. The van der Waals surface area contributed by atoms with Crippen LogP contribution in [0.15, 0.2) is 120 Å². The van der Waals surface area contributed by atoms with Crippen LogP contribution in [0.1, 0.15) is 24.1 Å². The van der Waals surface area contributed by atoms with Gasteiger partial charge in [-0.2, -0.15) is 4.31 Å². The molecule has 0 saturated carbocycles. The highest BCUT2D eigenvalue weighted by atomic mass is 32.2. The first-order chi connectivity index (χ1) is 19.4. The van der Waals surface area contributed by atoms with Crippen LogP contribution in [0.2, 0.25) is 0 Å². The first-order valence-electron chi connectivity index (χ1n) is 13.4. The predicted octanol–water partition coefficient (Wildman–Crippen LogP) is 5.19. The number of sulfonamides is 1. The number of amides is 1. The summed E-state index contributed by atoms with van der Waals surface area (Å²) >= 11 is 0. The molecule has 1 unspecified atom stereocenters. The van der Waals surface area contributed by atoms with Crippen LogP contribution in [0.4, 0.5) is 5.69 Å². The number of anilines is 1. The molecule has 5 rings (SSSR count). The van der Waals surface area contributed by atoms with Crippen molar-refractivity contribution in [1.29, 1.82) is 0 Å². The molecular weight excluding hydrogens is 522 g/mol. The largest absolute Gasteiger partial charge is 0.481 e. The van der Waals surface area contributed by atoms with Gasteiger partial charge < -0.3 is 10.1 Å². The molecule has 1 heterocycles. The van der Waals surface area contributed by atoms with Gasteiger partial charge in [0.05, 0.1) is 10.9 Å². The van der Waals surface area contributed by atoms with Crippen molar-refractivity contribution in [3.63, 3.8) is 0 Å². The summed E-state index contributed by atoms with van der Waals surface area (Å²) in [5.74, 6) is 0.285. The topological polar surface area (TPSA) is 78.9 Å². The van der Waals surface area contributed by atoms with E-state index in [9.17, 15) is 13.2 Å². The van der Waals surface area contributed by atoms with Gasteiger partial charge in [0.15, 0.2) is 6.10 Å². The van der Waals surface area contributed by atoms with Crippen LogP contribution in [0.25, 0.3) is 0 Å². The van der Waals surface area contributed by atoms with Crippen molar-refractivity contribution in [3.05, 3.63) is 126 Å². The predicted molar refractivity (Wildman–Crippen MR) is 157 cm³/mol. The molecule has 1 fully saturated rings. The Hall–Kier alpha value is -3.98. The molecule has 1 aliphatic rings. The number of nitrogens with zero attached hydrogens (tertiary/aromatic N) is 2. The highest BCUT2D eigenvalue weighted by molar-refractivity contribution is 7.89. The van der Waals surface area contributed by atoms with Crippen molar-refractivity contribution in [1.82, 2.24) is 9.21 Å². The molecule has 0 radical (unpaired) electrons. The lowest BCUT2D eigenvalue weighted by molar-refractivity contribution is -0.122. The summed E-state index contributed by atoms with van der Waals surface area (Å²) in [4.78, 5) is 15.1. The zero-order valence-corrected chi connectivity index (χ0v) is 23.2. The van der Waals surface area contributed by atoms with Crippen LogP contribution in [-0.4, -0.2) is 55.8 Å². The fraction of sp³-hybridized carbons (Fsp3) is 0.219. The minimum absolute atomic E-state index is 0.0587. The van der Waals surface area contributed by atoms with Crippen molar-refractivity contribution < 1.29 is 17.9 Å². The van der Waals surface area contributed by atoms with Gasteiger partial charge in [0, 0.05) is 31.9 Å². The van der Waals surface area contributed by atoms with Crippen LogP contribution in [0, 0.1) is 0 Å². The number of ether oxygens (including phenoxy) is 1. The number of nitrogens with one attached hydrogen (secondary N) is 1. The number of carbonyl (C=O) groups is 1. The molecule has 4 aromatic rings. The summed E-state index contributed by atoms with van der Waals surface area (Å²) in [6.45, 7) is 3.68. The number of hydrogen-bond acceptors (Lipinski definition) is 5. The van der Waals surface area contributed by atoms with Crippen molar-refractivity contribution in [2.75, 3.05) is 31.5 Å². The van der Waals surface area contributed by atoms with Crippen LogP contribution in [0.3, 0.4) is 0 Å². The van der Waals surface area contributed by atoms with E-state index in [1.165, 1.54) is 23.3 Å². The van der Waals surface area contributed by atoms with E-state index in [2.05, 4.69) is 34.5 Å². The Morgan fingerprint density at radius 2 is 1.23 bits per heavy atom. The molecule has 8 heteroatoms. The highest BCUT2D eigenvalue weighted by Crippen LogP contribution is 2.30. The van der Waals surface area contributed by atoms with E-state index in [4.69, 9.17) is 4.74 Å². The second-order valence-electron chi connectivity index (χ2n) is 9.75. The van der Waals surface area contributed by atoms with Crippen molar-refractivity contribution in [2.24, 2.45) is 0 Å². The molecule has 0 bridgehead atoms. The lowest BCUT2D eigenvalue weighted by Crippen LogP contribution is -2.49. The van der Waals surface area contributed by atoms with E-state index in [1.807, 2.05) is 54.6 Å². The third-order valence-corrected chi connectivity index (χ3v) is 8.97. The Kier molecular flexibility index (Phi) is 8.60. The molecular formula is C32H33N3O4S. The second kappa shape index (κ2) is 12.5. The Morgan fingerprint density at radius 1 is 0.725 bits per heavy atom.